The second-order valence-corrected chi connectivity index (χ2v) is 11.8. The fourth-order valence-corrected chi connectivity index (χ4v) is 5.65. The van der Waals surface area contributed by atoms with Crippen molar-refractivity contribution >= 4 is 40.2 Å². The fourth-order valence-electron chi connectivity index (χ4n) is 5.65. The van der Waals surface area contributed by atoms with Crippen molar-refractivity contribution in [2.45, 2.75) is 26.2 Å². The van der Waals surface area contributed by atoms with Crippen LogP contribution in [0.15, 0.2) is 60.3 Å². The van der Waals surface area contributed by atoms with Gasteiger partial charge in [-0.1, -0.05) is 12.1 Å². The lowest BCUT2D eigenvalue weighted by molar-refractivity contribution is 0.0990. The molecule has 0 radical (unpaired) electrons. The van der Waals surface area contributed by atoms with Crippen molar-refractivity contribution in [2.75, 3.05) is 71.3 Å². The average molecular weight is 655 g/mol. The van der Waals surface area contributed by atoms with Gasteiger partial charge in [0.25, 0.3) is 17.8 Å². The molecule has 2 heterocycles. The Balaban J connectivity index is 1.23. The number of ether oxygens (including phenoxy) is 3. The van der Waals surface area contributed by atoms with Crippen molar-refractivity contribution < 1.29 is 28.6 Å². The summed E-state index contributed by atoms with van der Waals surface area (Å²) < 4.78 is 16.9. The number of carbonyl (C=O) groups excluding carboxylic acids is 3. The summed E-state index contributed by atoms with van der Waals surface area (Å²) in [5, 5.41) is 2.87. The SMILES string of the molecule is COc1nc2c(C(=O)Nc3ccc(C(=O)N(C)c4ccc(C)cc4OCCCCC(=C=O)N4CCN(C)CC4)cc3OC)cccc2[nH]1. The summed E-state index contributed by atoms with van der Waals surface area (Å²) >= 11 is 0. The van der Waals surface area contributed by atoms with Crippen molar-refractivity contribution in [1.82, 2.24) is 19.8 Å². The van der Waals surface area contributed by atoms with E-state index < -0.39 is 0 Å². The second kappa shape index (κ2) is 15.5. The number of para-hydroxylation sites is 1. The lowest BCUT2D eigenvalue weighted by atomic mass is 10.1. The Kier molecular flexibility index (Phi) is 11.0. The Morgan fingerprint density at radius 1 is 1.00 bits per heavy atom. The molecule has 1 fully saturated rings. The highest BCUT2D eigenvalue weighted by Crippen LogP contribution is 2.32. The Morgan fingerprint density at radius 2 is 1.79 bits per heavy atom. The molecule has 4 aromatic rings. The number of likely N-dealkylation sites (N-methyl/N-ethyl adjacent to an activating group) is 1. The molecule has 1 aliphatic rings. The number of rotatable bonds is 13. The summed E-state index contributed by atoms with van der Waals surface area (Å²) in [6.45, 7) is 5.96. The molecule has 3 aromatic carbocycles. The van der Waals surface area contributed by atoms with Gasteiger partial charge in [0.2, 0.25) is 0 Å². The van der Waals surface area contributed by atoms with Crippen LogP contribution in [0, 0.1) is 6.92 Å². The average Bonchev–Trinajstić information content (AvgIpc) is 3.54. The first kappa shape index (κ1) is 34.0. The van der Waals surface area contributed by atoms with Crippen molar-refractivity contribution in [1.29, 1.82) is 0 Å². The van der Waals surface area contributed by atoms with Gasteiger partial charge in [-0.25, -0.2) is 4.79 Å². The number of methoxy groups -OCH3 is 2. The maximum absolute atomic E-state index is 13.7. The molecular formula is C36H42N6O6. The smallest absolute Gasteiger partial charge is 0.294 e. The van der Waals surface area contributed by atoms with Gasteiger partial charge in [-0.05, 0) is 81.3 Å². The number of nitrogens with one attached hydrogen (secondary N) is 2. The number of fused-ring (bicyclic) bond motifs is 1. The lowest BCUT2D eigenvalue weighted by Gasteiger charge is -2.34. The van der Waals surface area contributed by atoms with Gasteiger partial charge in [0.1, 0.15) is 23.0 Å². The third kappa shape index (κ3) is 7.79. The maximum atomic E-state index is 13.7. The van der Waals surface area contributed by atoms with E-state index in [-0.39, 0.29) is 11.8 Å². The molecule has 0 unspecified atom stereocenters. The predicted octanol–water partition coefficient (Wildman–Crippen LogP) is 4.93. The summed E-state index contributed by atoms with van der Waals surface area (Å²) in [4.78, 5) is 51.8. The van der Waals surface area contributed by atoms with Gasteiger partial charge >= 0.3 is 0 Å². The quantitative estimate of drug-likeness (QED) is 0.152. The zero-order valence-corrected chi connectivity index (χ0v) is 28.1. The molecule has 1 aliphatic heterocycles. The Morgan fingerprint density at radius 3 is 2.52 bits per heavy atom. The molecule has 1 saturated heterocycles. The van der Waals surface area contributed by atoms with E-state index in [4.69, 9.17) is 14.2 Å². The van der Waals surface area contributed by atoms with Gasteiger partial charge in [-0.3, -0.25) is 9.59 Å². The molecule has 2 amide bonds. The number of imidazole rings is 1. The highest BCUT2D eigenvalue weighted by atomic mass is 16.5. The number of allylic oxidation sites excluding steroid dienone is 1. The molecule has 48 heavy (non-hydrogen) atoms. The van der Waals surface area contributed by atoms with Crippen LogP contribution in [-0.4, -0.2) is 98.6 Å². The van der Waals surface area contributed by atoms with Gasteiger partial charge in [0.05, 0.1) is 49.0 Å². The van der Waals surface area contributed by atoms with Gasteiger partial charge in [0, 0.05) is 38.8 Å². The summed E-state index contributed by atoms with van der Waals surface area (Å²) in [6, 6.07) is 16.1. The number of unbranched alkanes of at least 4 members (excludes halogenated alkanes) is 1. The second-order valence-electron chi connectivity index (χ2n) is 11.8. The number of piperazine rings is 1. The van der Waals surface area contributed by atoms with E-state index >= 15 is 0 Å². The highest BCUT2D eigenvalue weighted by Gasteiger charge is 2.21. The third-order valence-electron chi connectivity index (χ3n) is 8.48. The van der Waals surface area contributed by atoms with Crippen LogP contribution in [0.1, 0.15) is 45.5 Å². The number of hydrogen-bond acceptors (Lipinski definition) is 9. The normalized spacial score (nSPS) is 13.1. The van der Waals surface area contributed by atoms with Crippen LogP contribution in [0.5, 0.6) is 17.5 Å². The number of nitrogens with zero attached hydrogens (tertiary/aromatic N) is 4. The molecule has 0 aliphatic carbocycles. The van der Waals surface area contributed by atoms with Crippen LogP contribution in [0.3, 0.4) is 0 Å². The highest BCUT2D eigenvalue weighted by molar-refractivity contribution is 6.12. The topological polar surface area (TPSA) is 129 Å². The number of benzene rings is 3. The van der Waals surface area contributed by atoms with E-state index in [1.807, 2.05) is 31.2 Å². The molecular weight excluding hydrogens is 612 g/mol. The van der Waals surface area contributed by atoms with E-state index in [1.54, 1.807) is 37.4 Å². The molecule has 2 N–H and O–H groups in total. The number of carbonyl (C=O) groups is 2. The molecule has 0 atom stereocenters. The Labute approximate surface area is 280 Å². The van der Waals surface area contributed by atoms with Crippen LogP contribution in [0.25, 0.3) is 11.0 Å². The first-order valence-corrected chi connectivity index (χ1v) is 15.9. The van der Waals surface area contributed by atoms with Crippen molar-refractivity contribution in [3.05, 3.63) is 77.0 Å². The fraction of sp³-hybridized carbons (Fsp3) is 0.361. The molecule has 252 valence electrons. The van der Waals surface area contributed by atoms with Crippen LogP contribution in [0.2, 0.25) is 0 Å². The number of amides is 2. The van der Waals surface area contributed by atoms with Crippen LogP contribution < -0.4 is 24.4 Å². The number of H-pyrrole nitrogens is 1. The number of aromatic amines is 1. The summed E-state index contributed by atoms with van der Waals surface area (Å²) in [6.07, 6.45) is 2.19. The number of anilines is 2. The van der Waals surface area contributed by atoms with Gasteiger partial charge in [-0.15, -0.1) is 0 Å². The van der Waals surface area contributed by atoms with E-state index in [2.05, 4.69) is 38.1 Å². The minimum atomic E-state index is -0.386. The van der Waals surface area contributed by atoms with E-state index in [0.29, 0.717) is 64.1 Å². The van der Waals surface area contributed by atoms with Gasteiger partial charge in [-0.2, -0.15) is 4.98 Å². The van der Waals surface area contributed by atoms with Crippen LogP contribution >= 0.6 is 0 Å². The van der Waals surface area contributed by atoms with Crippen molar-refractivity contribution in [3.8, 4) is 17.5 Å². The lowest BCUT2D eigenvalue weighted by Crippen LogP contribution is -2.44. The number of hydrogen-bond donors (Lipinski definition) is 2. The van der Waals surface area contributed by atoms with Gasteiger partial charge in [0.15, 0.2) is 0 Å². The zero-order chi connectivity index (χ0) is 34.2. The first-order valence-electron chi connectivity index (χ1n) is 15.9. The van der Waals surface area contributed by atoms with Crippen molar-refractivity contribution in [2.24, 2.45) is 0 Å². The Hall–Kier alpha value is -5.32. The largest absolute Gasteiger partial charge is 0.495 e. The molecule has 12 nitrogen and oxygen atoms in total. The summed E-state index contributed by atoms with van der Waals surface area (Å²) in [5.74, 6) is 2.40. The monoisotopic (exact) mass is 654 g/mol. The molecule has 0 spiro atoms. The minimum absolute atomic E-state index is 0.277. The Bertz CT molecular complexity index is 1820. The predicted molar refractivity (Wildman–Crippen MR) is 185 cm³/mol. The molecule has 0 bridgehead atoms. The summed E-state index contributed by atoms with van der Waals surface area (Å²) in [7, 11) is 6.75. The molecule has 12 heteroatoms. The van der Waals surface area contributed by atoms with E-state index in [9.17, 15) is 14.4 Å². The van der Waals surface area contributed by atoms with E-state index in [0.717, 1.165) is 50.3 Å². The zero-order valence-electron chi connectivity index (χ0n) is 28.1. The standard InChI is InChI=1S/C36H42N6O6/c1-24-12-15-30(32(21-24)48-20-7-6-9-26(23-43)42-18-16-40(2)17-19-42)41(3)35(45)25-13-14-28(31(22-25)46-4)37-34(44)27-10-8-11-29-33(27)39-36(38-29)47-5/h8,10-15,21-22H,6-7,9,16-20H2,1-5H3,(H,37,44)(H,38,39). The van der Waals surface area contributed by atoms with Crippen LogP contribution in [0.4, 0.5) is 11.4 Å². The van der Waals surface area contributed by atoms with Gasteiger partial charge < -0.3 is 39.2 Å². The maximum Gasteiger partial charge on any atom is 0.294 e. The number of aryl methyl sites for hydroxylation is 1. The first-order chi connectivity index (χ1) is 23.2. The van der Waals surface area contributed by atoms with Crippen LogP contribution in [-0.2, 0) is 4.79 Å². The third-order valence-corrected chi connectivity index (χ3v) is 8.48. The molecule has 5 rings (SSSR count). The number of aromatic nitrogens is 2. The van der Waals surface area contributed by atoms with Crippen molar-refractivity contribution in [3.63, 3.8) is 0 Å². The molecule has 1 aromatic heterocycles. The summed E-state index contributed by atoms with van der Waals surface area (Å²) in [5.41, 5.74) is 4.62. The minimum Gasteiger partial charge on any atom is -0.495 e. The van der Waals surface area contributed by atoms with E-state index in [1.165, 1.54) is 19.1 Å². The molecule has 0 saturated carbocycles.